The van der Waals surface area contributed by atoms with E-state index >= 15 is 0 Å². The van der Waals surface area contributed by atoms with E-state index in [1.165, 1.54) is 12.1 Å². The molecule has 0 bridgehead atoms. The van der Waals surface area contributed by atoms with Gasteiger partial charge in [0, 0.05) is 26.1 Å². The highest BCUT2D eigenvalue weighted by molar-refractivity contribution is 5.39. The predicted molar refractivity (Wildman–Crippen MR) is 81.4 cm³/mol. The van der Waals surface area contributed by atoms with Gasteiger partial charge in [0.1, 0.15) is 11.6 Å². The summed E-state index contributed by atoms with van der Waals surface area (Å²) in [5.41, 5.74) is -0.0523. The second-order valence-electron chi connectivity index (χ2n) is 5.18. The van der Waals surface area contributed by atoms with Crippen molar-refractivity contribution in [3.8, 4) is 11.8 Å². The molecule has 0 atom stereocenters. The molecule has 0 spiro atoms. The Morgan fingerprint density at radius 1 is 1.23 bits per heavy atom. The van der Waals surface area contributed by atoms with Crippen molar-refractivity contribution in [3.05, 3.63) is 40.2 Å². The van der Waals surface area contributed by atoms with Crippen LogP contribution in [0.25, 0.3) is 0 Å². The summed E-state index contributed by atoms with van der Waals surface area (Å²) in [7, 11) is 3.63. The van der Waals surface area contributed by atoms with Crippen LogP contribution in [0.3, 0.4) is 0 Å². The van der Waals surface area contributed by atoms with Gasteiger partial charge in [-0.3, -0.25) is 10.1 Å². The molecule has 1 heterocycles. The number of benzene rings is 1. The van der Waals surface area contributed by atoms with Gasteiger partial charge in [-0.15, -0.1) is 0 Å². The van der Waals surface area contributed by atoms with E-state index in [-0.39, 0.29) is 17.6 Å². The molecule has 116 valence electrons. The summed E-state index contributed by atoms with van der Waals surface area (Å²) < 4.78 is 5.56. The largest absolute Gasteiger partial charge is 0.424 e. The Hall–Kier alpha value is -2.77. The Morgan fingerprint density at radius 3 is 2.55 bits per heavy atom. The lowest BCUT2D eigenvalue weighted by atomic mass is 10.2. The maximum atomic E-state index is 10.8. The van der Waals surface area contributed by atoms with Gasteiger partial charge in [-0.25, -0.2) is 0 Å². The lowest BCUT2D eigenvalue weighted by molar-refractivity contribution is -0.384. The van der Waals surface area contributed by atoms with Gasteiger partial charge < -0.3 is 9.64 Å². The van der Waals surface area contributed by atoms with Crippen LogP contribution in [-0.4, -0.2) is 34.0 Å². The van der Waals surface area contributed by atoms with Gasteiger partial charge in [-0.2, -0.15) is 15.0 Å². The molecule has 0 unspecified atom stereocenters. The third-order valence-corrected chi connectivity index (χ3v) is 2.77. The molecule has 1 aromatic heterocycles. The van der Waals surface area contributed by atoms with E-state index in [4.69, 9.17) is 4.74 Å². The van der Waals surface area contributed by atoms with Gasteiger partial charge in [0.15, 0.2) is 0 Å². The molecular formula is C14H17N5O3. The molecule has 0 saturated heterocycles. The maximum Gasteiger partial charge on any atom is 0.327 e. The summed E-state index contributed by atoms with van der Waals surface area (Å²) in [6.07, 6.45) is 0. The Labute approximate surface area is 127 Å². The number of hydrogen-bond acceptors (Lipinski definition) is 7. The van der Waals surface area contributed by atoms with Crippen LogP contribution in [0.4, 0.5) is 11.6 Å². The van der Waals surface area contributed by atoms with E-state index < -0.39 is 4.92 Å². The van der Waals surface area contributed by atoms with Crippen LogP contribution in [0.1, 0.15) is 25.6 Å². The summed E-state index contributed by atoms with van der Waals surface area (Å²) >= 11 is 0. The van der Waals surface area contributed by atoms with Crippen LogP contribution in [0, 0.1) is 10.1 Å². The standard InChI is InChI=1S/C14H17N5O3/c1-9(2)12-15-13(18(3)4)17-14(16-12)22-11-7-5-6-10(8-11)19(20)21/h5-9H,1-4H3. The van der Waals surface area contributed by atoms with Gasteiger partial charge in [-0.05, 0) is 6.07 Å². The predicted octanol–water partition coefficient (Wildman–Crippen LogP) is 2.76. The highest BCUT2D eigenvalue weighted by Crippen LogP contribution is 2.24. The number of rotatable bonds is 5. The van der Waals surface area contributed by atoms with Crippen molar-refractivity contribution >= 4 is 11.6 Å². The van der Waals surface area contributed by atoms with Crippen LogP contribution >= 0.6 is 0 Å². The molecule has 8 nitrogen and oxygen atoms in total. The first-order valence-electron chi connectivity index (χ1n) is 6.72. The van der Waals surface area contributed by atoms with Gasteiger partial charge in [0.25, 0.3) is 5.69 Å². The molecule has 0 fully saturated rings. The lowest BCUT2D eigenvalue weighted by Gasteiger charge is -2.14. The van der Waals surface area contributed by atoms with Crippen molar-refractivity contribution in [1.82, 2.24) is 15.0 Å². The molecule has 22 heavy (non-hydrogen) atoms. The molecule has 0 amide bonds. The summed E-state index contributed by atoms with van der Waals surface area (Å²) in [5, 5.41) is 10.8. The van der Waals surface area contributed by atoms with Crippen molar-refractivity contribution in [2.45, 2.75) is 19.8 Å². The molecule has 2 aromatic rings. The minimum absolute atomic E-state index is 0.0523. The maximum absolute atomic E-state index is 10.8. The summed E-state index contributed by atoms with van der Waals surface area (Å²) in [6.45, 7) is 3.93. The van der Waals surface area contributed by atoms with Crippen LogP contribution in [-0.2, 0) is 0 Å². The van der Waals surface area contributed by atoms with E-state index in [9.17, 15) is 10.1 Å². The number of non-ortho nitro benzene ring substituents is 1. The number of aromatic nitrogens is 3. The number of nitro groups is 1. The third-order valence-electron chi connectivity index (χ3n) is 2.77. The molecular weight excluding hydrogens is 286 g/mol. The molecule has 0 aliphatic rings. The Kier molecular flexibility index (Phi) is 4.50. The highest BCUT2D eigenvalue weighted by atomic mass is 16.6. The second-order valence-corrected chi connectivity index (χ2v) is 5.18. The van der Waals surface area contributed by atoms with Crippen LogP contribution < -0.4 is 9.64 Å². The van der Waals surface area contributed by atoms with Crippen molar-refractivity contribution in [2.24, 2.45) is 0 Å². The van der Waals surface area contributed by atoms with Crippen LogP contribution in [0.15, 0.2) is 24.3 Å². The van der Waals surface area contributed by atoms with E-state index in [2.05, 4.69) is 15.0 Å². The fourth-order valence-electron chi connectivity index (χ4n) is 1.63. The first-order chi connectivity index (χ1) is 10.4. The normalized spacial score (nSPS) is 10.6. The van der Waals surface area contributed by atoms with E-state index in [0.717, 1.165) is 0 Å². The van der Waals surface area contributed by atoms with Crippen LogP contribution in [0.5, 0.6) is 11.8 Å². The molecule has 8 heteroatoms. The number of hydrogen-bond donors (Lipinski definition) is 0. The summed E-state index contributed by atoms with van der Waals surface area (Å²) in [5.74, 6) is 1.48. The van der Waals surface area contributed by atoms with Gasteiger partial charge >= 0.3 is 6.01 Å². The Morgan fingerprint density at radius 2 is 1.95 bits per heavy atom. The monoisotopic (exact) mass is 303 g/mol. The zero-order chi connectivity index (χ0) is 16.3. The number of nitro benzene ring substituents is 1. The number of nitrogens with zero attached hydrogens (tertiary/aromatic N) is 5. The van der Waals surface area contributed by atoms with Gasteiger partial charge in [-0.1, -0.05) is 19.9 Å². The molecule has 0 aliphatic carbocycles. The molecule has 0 radical (unpaired) electrons. The minimum Gasteiger partial charge on any atom is -0.424 e. The minimum atomic E-state index is -0.481. The molecule has 0 aliphatic heterocycles. The Balaban J connectivity index is 2.36. The van der Waals surface area contributed by atoms with Crippen molar-refractivity contribution < 1.29 is 9.66 Å². The zero-order valence-corrected chi connectivity index (χ0v) is 12.8. The molecule has 0 saturated carbocycles. The summed E-state index contributed by atoms with van der Waals surface area (Å²) in [6, 6.07) is 5.99. The first kappa shape index (κ1) is 15.6. The van der Waals surface area contributed by atoms with E-state index in [0.29, 0.717) is 17.5 Å². The topological polar surface area (TPSA) is 94.3 Å². The van der Waals surface area contributed by atoms with Gasteiger partial charge in [0.05, 0.1) is 11.0 Å². The van der Waals surface area contributed by atoms with Crippen molar-refractivity contribution in [2.75, 3.05) is 19.0 Å². The molecule has 1 aromatic carbocycles. The fraction of sp³-hybridized carbons (Fsp3) is 0.357. The number of ether oxygens (including phenoxy) is 1. The molecule has 2 rings (SSSR count). The van der Waals surface area contributed by atoms with E-state index in [1.54, 1.807) is 17.0 Å². The van der Waals surface area contributed by atoms with Crippen LogP contribution in [0.2, 0.25) is 0 Å². The fourth-order valence-corrected chi connectivity index (χ4v) is 1.63. The highest BCUT2D eigenvalue weighted by Gasteiger charge is 2.14. The van der Waals surface area contributed by atoms with Crippen molar-refractivity contribution in [3.63, 3.8) is 0 Å². The van der Waals surface area contributed by atoms with E-state index in [1.807, 2.05) is 27.9 Å². The summed E-state index contributed by atoms with van der Waals surface area (Å²) in [4.78, 5) is 24.8. The van der Waals surface area contributed by atoms with Gasteiger partial charge in [0.2, 0.25) is 5.95 Å². The second kappa shape index (κ2) is 6.33. The average Bonchev–Trinajstić information content (AvgIpc) is 2.47. The quantitative estimate of drug-likeness (QED) is 0.619. The first-order valence-corrected chi connectivity index (χ1v) is 6.72. The Bertz CT molecular complexity index is 662. The SMILES string of the molecule is CC(C)c1nc(Oc2cccc([N+](=O)[O-])c2)nc(N(C)C)n1. The average molecular weight is 303 g/mol. The zero-order valence-electron chi connectivity index (χ0n) is 12.8. The third kappa shape index (κ3) is 3.66. The lowest BCUT2D eigenvalue weighted by Crippen LogP contribution is -2.15. The number of anilines is 1. The smallest absolute Gasteiger partial charge is 0.327 e. The molecule has 0 N–H and O–H groups in total. The van der Waals surface area contributed by atoms with Crippen molar-refractivity contribution in [1.29, 1.82) is 0 Å².